The van der Waals surface area contributed by atoms with Crippen molar-refractivity contribution < 1.29 is 4.74 Å². The summed E-state index contributed by atoms with van der Waals surface area (Å²) in [4.78, 5) is 7.79. The van der Waals surface area contributed by atoms with Crippen molar-refractivity contribution in [1.29, 1.82) is 0 Å². The van der Waals surface area contributed by atoms with Crippen LogP contribution in [0.15, 0.2) is 6.20 Å². The predicted octanol–water partition coefficient (Wildman–Crippen LogP) is 1.94. The van der Waals surface area contributed by atoms with Crippen LogP contribution in [0.1, 0.15) is 19.3 Å². The third-order valence-corrected chi connectivity index (χ3v) is 2.78. The van der Waals surface area contributed by atoms with Gasteiger partial charge in [-0.05, 0) is 36.8 Å². The summed E-state index contributed by atoms with van der Waals surface area (Å²) in [5.41, 5.74) is 6.21. The minimum absolute atomic E-state index is 0.201. The molecule has 6 heteroatoms. The third kappa shape index (κ3) is 4.36. The second-order valence-corrected chi connectivity index (χ2v) is 4.58. The molecule has 0 atom stereocenters. The van der Waals surface area contributed by atoms with E-state index in [1.54, 1.807) is 0 Å². The molecule has 0 aliphatic heterocycles. The molecule has 94 valence electrons. The van der Waals surface area contributed by atoms with Gasteiger partial charge in [0.05, 0.1) is 11.9 Å². The summed E-state index contributed by atoms with van der Waals surface area (Å²) in [5.74, 6) is 1.41. The van der Waals surface area contributed by atoms with Gasteiger partial charge in [-0.1, -0.05) is 0 Å². The fraction of sp³-hybridized carbons (Fsp3) is 0.636. The van der Waals surface area contributed by atoms with Crippen LogP contribution in [-0.2, 0) is 4.74 Å². The predicted molar refractivity (Wildman–Crippen MR) is 68.1 cm³/mol. The first kappa shape index (κ1) is 12.4. The number of halogens is 1. The SMILES string of the molecule is Nc1cnc(Cl)nc1NCCCOCC1CC1. The molecule has 3 N–H and O–H groups in total. The number of hydrogen-bond acceptors (Lipinski definition) is 5. The average molecular weight is 257 g/mol. The van der Waals surface area contributed by atoms with Crippen molar-refractivity contribution in [1.82, 2.24) is 9.97 Å². The lowest BCUT2D eigenvalue weighted by atomic mass is 10.4. The Morgan fingerprint density at radius 2 is 2.35 bits per heavy atom. The molecule has 0 saturated heterocycles. The van der Waals surface area contributed by atoms with E-state index < -0.39 is 0 Å². The molecule has 0 unspecified atom stereocenters. The second kappa shape index (κ2) is 6.02. The van der Waals surface area contributed by atoms with Crippen molar-refractivity contribution >= 4 is 23.1 Å². The summed E-state index contributed by atoms with van der Waals surface area (Å²) in [6.45, 7) is 2.44. The number of nitrogens with one attached hydrogen (secondary N) is 1. The summed E-state index contributed by atoms with van der Waals surface area (Å²) in [5, 5.41) is 3.32. The molecule has 1 saturated carbocycles. The van der Waals surface area contributed by atoms with E-state index in [0.717, 1.165) is 32.1 Å². The number of nitrogens with two attached hydrogens (primary N) is 1. The van der Waals surface area contributed by atoms with Crippen LogP contribution in [0.3, 0.4) is 0 Å². The van der Waals surface area contributed by atoms with Gasteiger partial charge in [0, 0.05) is 19.8 Å². The lowest BCUT2D eigenvalue weighted by Crippen LogP contribution is -2.10. The van der Waals surface area contributed by atoms with Gasteiger partial charge in [0.1, 0.15) is 0 Å². The summed E-state index contributed by atoms with van der Waals surface area (Å²) >= 11 is 5.68. The smallest absolute Gasteiger partial charge is 0.224 e. The van der Waals surface area contributed by atoms with Crippen molar-refractivity contribution in [3.63, 3.8) is 0 Å². The first-order valence-corrected chi connectivity index (χ1v) is 6.23. The summed E-state index contributed by atoms with van der Waals surface area (Å²) in [7, 11) is 0. The van der Waals surface area contributed by atoms with Crippen LogP contribution >= 0.6 is 11.6 Å². The monoisotopic (exact) mass is 256 g/mol. The lowest BCUT2D eigenvalue weighted by molar-refractivity contribution is 0.124. The lowest BCUT2D eigenvalue weighted by Gasteiger charge is -2.08. The number of nitrogens with zero attached hydrogens (tertiary/aromatic N) is 2. The Labute approximate surface area is 106 Å². The normalized spacial score (nSPS) is 14.9. The highest BCUT2D eigenvalue weighted by atomic mass is 35.5. The Balaban J connectivity index is 1.61. The molecule has 0 spiro atoms. The Hall–Kier alpha value is -1.07. The van der Waals surface area contributed by atoms with Gasteiger partial charge < -0.3 is 15.8 Å². The number of ether oxygens (including phenoxy) is 1. The molecule has 1 heterocycles. The van der Waals surface area contributed by atoms with Gasteiger partial charge in [0.25, 0.3) is 0 Å². The van der Waals surface area contributed by atoms with E-state index in [4.69, 9.17) is 22.1 Å². The van der Waals surface area contributed by atoms with E-state index in [1.807, 2.05) is 0 Å². The Morgan fingerprint density at radius 3 is 3.12 bits per heavy atom. The number of hydrogen-bond donors (Lipinski definition) is 2. The fourth-order valence-electron chi connectivity index (χ4n) is 1.43. The molecule has 0 amide bonds. The Bertz CT molecular complexity index is 370. The zero-order valence-electron chi connectivity index (χ0n) is 9.66. The van der Waals surface area contributed by atoms with E-state index in [1.165, 1.54) is 19.0 Å². The molecule has 17 heavy (non-hydrogen) atoms. The molecular weight excluding hydrogens is 240 g/mol. The molecule has 1 aliphatic rings. The van der Waals surface area contributed by atoms with Crippen LogP contribution in [0.5, 0.6) is 0 Å². The Morgan fingerprint density at radius 1 is 1.53 bits per heavy atom. The number of aromatic nitrogens is 2. The molecule has 1 aromatic heterocycles. The maximum absolute atomic E-state index is 5.70. The quantitative estimate of drug-likeness (QED) is 0.576. The van der Waals surface area contributed by atoms with E-state index >= 15 is 0 Å². The molecule has 2 rings (SSSR count). The molecule has 5 nitrogen and oxygen atoms in total. The topological polar surface area (TPSA) is 73.1 Å². The standard InChI is InChI=1S/C11H17ClN4O/c12-11-15-6-9(13)10(16-11)14-4-1-5-17-7-8-2-3-8/h6,8H,1-5,7,13H2,(H,14,15,16). The summed E-state index contributed by atoms with van der Waals surface area (Å²) in [6, 6.07) is 0. The summed E-state index contributed by atoms with van der Waals surface area (Å²) < 4.78 is 5.52. The van der Waals surface area contributed by atoms with Gasteiger partial charge in [0.15, 0.2) is 5.82 Å². The molecule has 1 aliphatic carbocycles. The maximum atomic E-state index is 5.70. The highest BCUT2D eigenvalue weighted by Crippen LogP contribution is 2.28. The average Bonchev–Trinajstić information content (AvgIpc) is 3.11. The van der Waals surface area contributed by atoms with Crippen molar-refractivity contribution in [2.45, 2.75) is 19.3 Å². The van der Waals surface area contributed by atoms with Crippen LogP contribution in [0.2, 0.25) is 5.28 Å². The first-order chi connectivity index (χ1) is 8.25. The summed E-state index contributed by atoms with van der Waals surface area (Å²) in [6.07, 6.45) is 5.08. The zero-order chi connectivity index (χ0) is 12.1. The van der Waals surface area contributed by atoms with Crippen LogP contribution < -0.4 is 11.1 Å². The van der Waals surface area contributed by atoms with Gasteiger partial charge in [-0.2, -0.15) is 4.98 Å². The third-order valence-electron chi connectivity index (χ3n) is 2.60. The highest BCUT2D eigenvalue weighted by Gasteiger charge is 2.20. The van der Waals surface area contributed by atoms with E-state index in [0.29, 0.717) is 11.5 Å². The van der Waals surface area contributed by atoms with Gasteiger partial charge in [0.2, 0.25) is 5.28 Å². The van der Waals surface area contributed by atoms with Crippen LogP contribution in [0, 0.1) is 5.92 Å². The minimum Gasteiger partial charge on any atom is -0.394 e. The fourth-order valence-corrected chi connectivity index (χ4v) is 1.56. The zero-order valence-corrected chi connectivity index (χ0v) is 10.4. The molecular formula is C11H17ClN4O. The maximum Gasteiger partial charge on any atom is 0.224 e. The van der Waals surface area contributed by atoms with Crippen molar-refractivity contribution in [2.24, 2.45) is 5.92 Å². The number of anilines is 2. The molecule has 0 radical (unpaired) electrons. The van der Waals surface area contributed by atoms with Crippen molar-refractivity contribution in [2.75, 3.05) is 30.8 Å². The second-order valence-electron chi connectivity index (χ2n) is 4.24. The molecule has 0 aromatic carbocycles. The van der Waals surface area contributed by atoms with Gasteiger partial charge in [-0.15, -0.1) is 0 Å². The molecule has 1 fully saturated rings. The Kier molecular flexibility index (Phi) is 4.39. The van der Waals surface area contributed by atoms with E-state index in [-0.39, 0.29) is 5.28 Å². The van der Waals surface area contributed by atoms with Crippen molar-refractivity contribution in [3.05, 3.63) is 11.5 Å². The number of nitrogen functional groups attached to an aromatic ring is 1. The van der Waals surface area contributed by atoms with E-state index in [2.05, 4.69) is 15.3 Å². The van der Waals surface area contributed by atoms with Gasteiger partial charge in [-0.25, -0.2) is 4.98 Å². The van der Waals surface area contributed by atoms with Crippen molar-refractivity contribution in [3.8, 4) is 0 Å². The minimum atomic E-state index is 0.201. The van der Waals surface area contributed by atoms with Crippen LogP contribution in [-0.4, -0.2) is 29.7 Å². The largest absolute Gasteiger partial charge is 0.394 e. The van der Waals surface area contributed by atoms with Gasteiger partial charge >= 0.3 is 0 Å². The number of rotatable bonds is 7. The first-order valence-electron chi connectivity index (χ1n) is 5.85. The van der Waals surface area contributed by atoms with Crippen LogP contribution in [0.4, 0.5) is 11.5 Å². The molecule has 0 bridgehead atoms. The molecule has 1 aromatic rings. The van der Waals surface area contributed by atoms with Gasteiger partial charge in [-0.3, -0.25) is 0 Å². The highest BCUT2D eigenvalue weighted by molar-refractivity contribution is 6.28. The van der Waals surface area contributed by atoms with Crippen LogP contribution in [0.25, 0.3) is 0 Å². The van der Waals surface area contributed by atoms with E-state index in [9.17, 15) is 0 Å².